The predicted octanol–water partition coefficient (Wildman–Crippen LogP) is 1.94. The number of hydrogen-bond acceptors (Lipinski definition) is 3. The van der Waals surface area contributed by atoms with Gasteiger partial charge in [0.1, 0.15) is 0 Å². The standard InChI is InChI=1S/C13H20BNO2/c1-6-10-7-8-11(15-9-10)14-16-12(2,3)13(4,5)17-14/h7-9H,6H2,1-5H3/i1D3,6D2,7D,8D,9D. The van der Waals surface area contributed by atoms with Crippen molar-refractivity contribution in [3.05, 3.63) is 23.8 Å². The molecule has 1 saturated heterocycles. The molecule has 0 radical (unpaired) electrons. The fraction of sp³-hybridized carbons (Fsp3) is 0.615. The van der Waals surface area contributed by atoms with Crippen LogP contribution in [-0.2, 0) is 15.7 Å². The summed E-state index contributed by atoms with van der Waals surface area (Å²) in [7, 11) is -1.10. The van der Waals surface area contributed by atoms with E-state index in [9.17, 15) is 0 Å². The van der Waals surface area contributed by atoms with Crippen molar-refractivity contribution in [2.75, 3.05) is 0 Å². The molecule has 3 nitrogen and oxygen atoms in total. The molecule has 0 N–H and O–H groups in total. The number of nitrogens with zero attached hydrogens (tertiary/aromatic N) is 1. The van der Waals surface area contributed by atoms with Gasteiger partial charge in [0, 0.05) is 13.0 Å². The van der Waals surface area contributed by atoms with Crippen LogP contribution in [0.2, 0.25) is 0 Å². The summed E-state index contributed by atoms with van der Waals surface area (Å²) in [6, 6.07) is -1.22. The van der Waals surface area contributed by atoms with E-state index in [2.05, 4.69) is 4.98 Å². The first kappa shape index (κ1) is 5.85. The molecule has 0 saturated carbocycles. The minimum atomic E-state index is -3.10. The Morgan fingerprint density at radius 1 is 1.35 bits per heavy atom. The first-order valence-corrected chi connectivity index (χ1v) is 5.37. The first-order chi connectivity index (χ1) is 11.0. The zero-order valence-corrected chi connectivity index (χ0v) is 10.3. The summed E-state index contributed by atoms with van der Waals surface area (Å²) < 4.78 is 73.1. The van der Waals surface area contributed by atoms with Crippen molar-refractivity contribution in [1.29, 1.82) is 0 Å². The van der Waals surface area contributed by atoms with Crippen molar-refractivity contribution >= 4 is 12.7 Å². The third-order valence-corrected chi connectivity index (χ3v) is 3.21. The second-order valence-corrected chi connectivity index (χ2v) is 4.95. The minimum absolute atomic E-state index is 0.140. The van der Waals surface area contributed by atoms with Crippen LogP contribution < -0.4 is 5.59 Å². The van der Waals surface area contributed by atoms with Crippen molar-refractivity contribution in [3.63, 3.8) is 0 Å². The van der Waals surface area contributed by atoms with Gasteiger partial charge in [0.05, 0.1) is 20.9 Å². The third kappa shape index (κ3) is 2.24. The highest BCUT2D eigenvalue weighted by atomic mass is 16.7. The lowest BCUT2D eigenvalue weighted by atomic mass is 9.84. The second kappa shape index (κ2) is 4.11. The zero-order valence-electron chi connectivity index (χ0n) is 18.3. The highest BCUT2D eigenvalue weighted by molar-refractivity contribution is 6.61. The smallest absolute Gasteiger partial charge is 0.398 e. The van der Waals surface area contributed by atoms with E-state index in [1.54, 1.807) is 27.7 Å². The van der Waals surface area contributed by atoms with E-state index in [1.807, 2.05) is 0 Å². The van der Waals surface area contributed by atoms with Crippen LogP contribution >= 0.6 is 0 Å². The summed E-state index contributed by atoms with van der Waals surface area (Å²) in [6.45, 7) is 4.07. The summed E-state index contributed by atoms with van der Waals surface area (Å²) in [4.78, 5) is 3.85. The summed E-state index contributed by atoms with van der Waals surface area (Å²) in [5.74, 6) is 0. The molecule has 92 valence electrons. The molecular formula is C13H20BNO2. The number of hydrogen-bond donors (Lipinski definition) is 0. The van der Waals surface area contributed by atoms with Gasteiger partial charge in [0.15, 0.2) is 0 Å². The van der Waals surface area contributed by atoms with Gasteiger partial charge in [-0.1, -0.05) is 12.9 Å². The fourth-order valence-electron chi connectivity index (χ4n) is 1.42. The highest BCUT2D eigenvalue weighted by Gasteiger charge is 2.52. The number of rotatable bonds is 2. The molecule has 2 rings (SSSR count). The molecule has 1 aliphatic rings. The van der Waals surface area contributed by atoms with Crippen LogP contribution in [0, 0.1) is 0 Å². The number of aromatic nitrogens is 1. The molecule has 1 fully saturated rings. The van der Waals surface area contributed by atoms with E-state index in [1.165, 1.54) is 0 Å². The Kier molecular flexibility index (Phi) is 1.41. The van der Waals surface area contributed by atoms with Gasteiger partial charge in [-0.05, 0) is 45.7 Å². The predicted molar refractivity (Wildman–Crippen MR) is 69.3 cm³/mol. The van der Waals surface area contributed by atoms with Crippen molar-refractivity contribution < 1.29 is 20.3 Å². The van der Waals surface area contributed by atoms with Gasteiger partial charge in [0.25, 0.3) is 0 Å². The molecule has 0 aromatic carbocycles. The maximum atomic E-state index is 8.10. The quantitative estimate of drug-likeness (QED) is 0.741. The molecular weight excluding hydrogens is 213 g/mol. The van der Waals surface area contributed by atoms with Crippen LogP contribution in [-0.4, -0.2) is 23.3 Å². The van der Waals surface area contributed by atoms with Crippen LogP contribution in [0.15, 0.2) is 18.3 Å². The van der Waals surface area contributed by atoms with E-state index < -0.39 is 55.4 Å². The monoisotopic (exact) mass is 241 g/mol. The molecule has 1 aromatic heterocycles. The van der Waals surface area contributed by atoms with Gasteiger partial charge in [-0.25, -0.2) is 0 Å². The van der Waals surface area contributed by atoms with E-state index >= 15 is 0 Å². The molecule has 0 unspecified atom stereocenters. The van der Waals surface area contributed by atoms with Gasteiger partial charge in [-0.15, -0.1) is 0 Å². The van der Waals surface area contributed by atoms with Crippen molar-refractivity contribution in [2.45, 2.75) is 52.1 Å². The molecule has 1 aliphatic heterocycles. The van der Waals surface area contributed by atoms with Crippen LogP contribution in [0.5, 0.6) is 0 Å². The van der Waals surface area contributed by atoms with Crippen LogP contribution in [0.4, 0.5) is 0 Å². The van der Waals surface area contributed by atoms with Gasteiger partial charge >= 0.3 is 7.12 Å². The lowest BCUT2D eigenvalue weighted by Crippen LogP contribution is -2.41. The molecule has 1 aromatic rings. The topological polar surface area (TPSA) is 31.4 Å². The summed E-state index contributed by atoms with van der Waals surface area (Å²) in [6.07, 6.45) is -3.69. The molecule has 0 atom stereocenters. The van der Waals surface area contributed by atoms with Gasteiger partial charge in [-0.3, -0.25) is 4.98 Å². The summed E-state index contributed by atoms with van der Waals surface area (Å²) >= 11 is 0. The Morgan fingerprint density at radius 2 is 2.00 bits per heavy atom. The van der Waals surface area contributed by atoms with E-state index in [0.29, 0.717) is 0 Å². The average molecular weight is 241 g/mol. The molecule has 0 amide bonds. The Hall–Kier alpha value is -0.865. The molecule has 0 bridgehead atoms. The highest BCUT2D eigenvalue weighted by Crippen LogP contribution is 2.36. The Morgan fingerprint density at radius 3 is 2.59 bits per heavy atom. The van der Waals surface area contributed by atoms with E-state index in [0.717, 1.165) is 0 Å². The van der Waals surface area contributed by atoms with Crippen molar-refractivity contribution in [1.82, 2.24) is 4.98 Å². The lowest BCUT2D eigenvalue weighted by molar-refractivity contribution is 0.00578. The van der Waals surface area contributed by atoms with Gasteiger partial charge in [-0.2, -0.15) is 0 Å². The van der Waals surface area contributed by atoms with Crippen molar-refractivity contribution in [3.8, 4) is 0 Å². The summed E-state index contributed by atoms with van der Waals surface area (Å²) in [5, 5.41) is 0. The number of pyridine rings is 1. The zero-order chi connectivity index (χ0) is 19.6. The van der Waals surface area contributed by atoms with Crippen LogP contribution in [0.1, 0.15) is 51.1 Å². The van der Waals surface area contributed by atoms with Crippen LogP contribution in [0.25, 0.3) is 0 Å². The Labute approximate surface area is 115 Å². The molecule has 0 aliphatic carbocycles. The fourth-order valence-corrected chi connectivity index (χ4v) is 1.42. The average Bonchev–Trinajstić information content (AvgIpc) is 2.61. The molecule has 0 spiro atoms. The van der Waals surface area contributed by atoms with Crippen molar-refractivity contribution in [2.24, 2.45) is 0 Å². The minimum Gasteiger partial charge on any atom is -0.398 e. The maximum Gasteiger partial charge on any atom is 0.514 e. The summed E-state index contributed by atoms with van der Waals surface area (Å²) in [5.41, 5.74) is -2.32. The first-order valence-electron chi connectivity index (χ1n) is 9.37. The molecule has 17 heavy (non-hydrogen) atoms. The molecule has 2 heterocycles. The van der Waals surface area contributed by atoms with Crippen LogP contribution in [0.3, 0.4) is 0 Å². The SMILES string of the molecule is [2H]c1nc(B2OC(C)(C)C(C)(C)O2)c([2H])c([2H])c1C([2H])([2H])C([2H])([2H])[2H]. The second-order valence-electron chi connectivity index (χ2n) is 4.95. The lowest BCUT2D eigenvalue weighted by Gasteiger charge is -2.32. The third-order valence-electron chi connectivity index (χ3n) is 3.21. The normalized spacial score (nSPS) is 30.2. The van der Waals surface area contributed by atoms with Gasteiger partial charge < -0.3 is 9.31 Å². The van der Waals surface area contributed by atoms with Gasteiger partial charge in [0.2, 0.25) is 0 Å². The van der Waals surface area contributed by atoms with E-state index in [-0.39, 0.29) is 5.59 Å². The molecule has 4 heteroatoms. The van der Waals surface area contributed by atoms with E-state index in [4.69, 9.17) is 20.3 Å². The Balaban J connectivity index is 2.57. The maximum absolute atomic E-state index is 8.10. The largest absolute Gasteiger partial charge is 0.514 e. The Bertz CT molecular complexity index is 688.